The van der Waals surface area contributed by atoms with Gasteiger partial charge in [0.15, 0.2) is 0 Å². The van der Waals surface area contributed by atoms with Gasteiger partial charge in [0.05, 0.1) is 29.6 Å². The van der Waals surface area contributed by atoms with E-state index in [-0.39, 0.29) is 30.3 Å². The maximum atomic E-state index is 14.5. The summed E-state index contributed by atoms with van der Waals surface area (Å²) in [5.41, 5.74) is 1.67. The van der Waals surface area contributed by atoms with Gasteiger partial charge in [0.25, 0.3) is 0 Å². The molecule has 0 bridgehead atoms. The molecule has 1 aliphatic carbocycles. The first-order valence-electron chi connectivity index (χ1n) is 12.7. The molecular formula is C30H30Cl2N2O3. The third kappa shape index (κ3) is 5.53. The number of piperidine rings is 1. The van der Waals surface area contributed by atoms with Crippen LogP contribution in [0.3, 0.4) is 0 Å². The molecule has 1 saturated heterocycles. The second-order valence-electron chi connectivity index (χ2n) is 10.7. The van der Waals surface area contributed by atoms with Crippen molar-refractivity contribution in [1.29, 1.82) is 0 Å². The highest BCUT2D eigenvalue weighted by Crippen LogP contribution is 2.55. The van der Waals surface area contributed by atoms with Crippen LogP contribution >= 0.6 is 23.2 Å². The zero-order valence-electron chi connectivity index (χ0n) is 20.7. The molecule has 4 atom stereocenters. The van der Waals surface area contributed by atoms with Crippen LogP contribution in [0.4, 0.5) is 0 Å². The maximum Gasteiger partial charge on any atom is 0.304 e. The predicted octanol–water partition coefficient (Wildman–Crippen LogP) is 7.47. The molecule has 5 rings (SSSR count). The fraction of sp³-hybridized carbons (Fsp3) is 0.367. The number of carbonyl (C=O) groups excluding carboxylic acids is 1. The molecule has 37 heavy (non-hydrogen) atoms. The number of nitrogens with zero attached hydrogens (tertiary/aromatic N) is 2. The van der Waals surface area contributed by atoms with E-state index in [1.54, 1.807) is 13.1 Å². The van der Waals surface area contributed by atoms with Crippen LogP contribution in [0.15, 0.2) is 72.9 Å². The molecule has 0 radical (unpaired) electrons. The van der Waals surface area contributed by atoms with Gasteiger partial charge in [-0.25, -0.2) is 0 Å². The molecule has 2 aromatic carbocycles. The summed E-state index contributed by atoms with van der Waals surface area (Å²) < 4.78 is 0. The number of amides is 1. The number of benzene rings is 2. The van der Waals surface area contributed by atoms with Crippen molar-refractivity contribution in [3.05, 3.63) is 99.8 Å². The average molecular weight is 537 g/mol. The lowest BCUT2D eigenvalue weighted by molar-refractivity contribution is -0.161. The van der Waals surface area contributed by atoms with Crippen molar-refractivity contribution in [3.8, 4) is 0 Å². The smallest absolute Gasteiger partial charge is 0.304 e. The summed E-state index contributed by atoms with van der Waals surface area (Å²) in [5.74, 6) is -0.790. The van der Waals surface area contributed by atoms with Gasteiger partial charge >= 0.3 is 5.97 Å². The van der Waals surface area contributed by atoms with E-state index < -0.39 is 11.4 Å². The number of likely N-dealkylation sites (tertiary alicyclic amines) is 1. The molecule has 1 amide bonds. The molecule has 5 nitrogen and oxygen atoms in total. The van der Waals surface area contributed by atoms with E-state index in [1.165, 1.54) is 0 Å². The highest BCUT2D eigenvalue weighted by Gasteiger charge is 2.53. The number of carboxylic acids is 1. The maximum absolute atomic E-state index is 14.5. The third-order valence-electron chi connectivity index (χ3n) is 7.75. The van der Waals surface area contributed by atoms with Crippen LogP contribution in [-0.2, 0) is 9.59 Å². The molecule has 1 saturated carbocycles. The minimum absolute atomic E-state index is 0.149. The summed E-state index contributed by atoms with van der Waals surface area (Å²) in [4.78, 5) is 33.1. The molecule has 2 heterocycles. The van der Waals surface area contributed by atoms with Crippen LogP contribution in [0.25, 0.3) is 0 Å². The number of rotatable bonds is 8. The van der Waals surface area contributed by atoms with Gasteiger partial charge < -0.3 is 10.0 Å². The second kappa shape index (κ2) is 10.5. The molecule has 192 valence electrons. The fourth-order valence-electron chi connectivity index (χ4n) is 5.84. The van der Waals surface area contributed by atoms with Gasteiger partial charge in [-0.05, 0) is 66.3 Å². The first-order chi connectivity index (χ1) is 17.7. The highest BCUT2D eigenvalue weighted by atomic mass is 35.5. The number of carboxylic acid groups (broad SMARTS) is 1. The molecule has 7 heteroatoms. The predicted molar refractivity (Wildman–Crippen MR) is 145 cm³/mol. The summed E-state index contributed by atoms with van der Waals surface area (Å²) in [6.45, 7) is 1.79. The molecule has 0 unspecified atom stereocenters. The van der Waals surface area contributed by atoms with Gasteiger partial charge in [-0.1, -0.05) is 73.3 Å². The largest absolute Gasteiger partial charge is 0.481 e. The van der Waals surface area contributed by atoms with Crippen LogP contribution in [0.5, 0.6) is 0 Å². The fourth-order valence-corrected chi connectivity index (χ4v) is 6.17. The Labute approximate surface area is 227 Å². The van der Waals surface area contributed by atoms with Gasteiger partial charge in [0, 0.05) is 22.2 Å². The number of hydrogen-bond acceptors (Lipinski definition) is 3. The van der Waals surface area contributed by atoms with Gasteiger partial charge in [-0.15, -0.1) is 0 Å². The first kappa shape index (κ1) is 25.7. The van der Waals surface area contributed by atoms with Crippen molar-refractivity contribution in [3.63, 3.8) is 0 Å². The summed E-state index contributed by atoms with van der Waals surface area (Å²) in [6, 6.07) is 20.5. The lowest BCUT2D eigenvalue weighted by atomic mass is 9.66. The van der Waals surface area contributed by atoms with Crippen LogP contribution < -0.4 is 0 Å². The van der Waals surface area contributed by atoms with E-state index >= 15 is 0 Å². The number of halogens is 2. The van der Waals surface area contributed by atoms with Crippen molar-refractivity contribution in [2.75, 3.05) is 0 Å². The van der Waals surface area contributed by atoms with Crippen molar-refractivity contribution in [1.82, 2.24) is 9.88 Å². The molecule has 2 fully saturated rings. The Morgan fingerprint density at radius 1 is 1.05 bits per heavy atom. The Hall–Kier alpha value is -2.89. The average Bonchev–Trinajstić information content (AvgIpc) is 3.69. The van der Waals surface area contributed by atoms with Crippen LogP contribution in [-0.4, -0.2) is 26.9 Å². The second-order valence-corrected chi connectivity index (χ2v) is 11.5. The number of hydrogen-bond donors (Lipinski definition) is 1. The topological polar surface area (TPSA) is 70.5 Å². The Morgan fingerprint density at radius 3 is 2.43 bits per heavy atom. The third-order valence-corrected chi connectivity index (χ3v) is 8.24. The summed E-state index contributed by atoms with van der Waals surface area (Å²) in [7, 11) is 0. The number of aromatic nitrogens is 1. The lowest BCUT2D eigenvalue weighted by Crippen LogP contribution is -2.53. The Balaban J connectivity index is 1.72. The monoisotopic (exact) mass is 536 g/mol. The minimum Gasteiger partial charge on any atom is -0.481 e. The summed E-state index contributed by atoms with van der Waals surface area (Å²) in [6.07, 6.45) is 4.94. The highest BCUT2D eigenvalue weighted by molar-refractivity contribution is 6.30. The zero-order valence-corrected chi connectivity index (χ0v) is 22.2. The molecule has 1 N–H and O–H groups in total. The first-order valence-corrected chi connectivity index (χ1v) is 13.5. The summed E-state index contributed by atoms with van der Waals surface area (Å²) in [5, 5.41) is 11.1. The Bertz CT molecular complexity index is 1280. The lowest BCUT2D eigenvalue weighted by Gasteiger charge is -2.52. The molecule has 1 aromatic heterocycles. The van der Waals surface area contributed by atoms with E-state index in [0.717, 1.165) is 36.1 Å². The quantitative estimate of drug-likeness (QED) is 0.324. The van der Waals surface area contributed by atoms with Crippen LogP contribution in [0.1, 0.15) is 73.9 Å². The summed E-state index contributed by atoms with van der Waals surface area (Å²) >= 11 is 12.7. The minimum atomic E-state index is -1.08. The van der Waals surface area contributed by atoms with Crippen molar-refractivity contribution < 1.29 is 14.7 Å². The Morgan fingerprint density at radius 2 is 1.81 bits per heavy atom. The van der Waals surface area contributed by atoms with Crippen LogP contribution in [0, 0.1) is 11.3 Å². The molecule has 2 aliphatic rings. The normalized spacial score (nSPS) is 24.6. The molecule has 0 spiro atoms. The van der Waals surface area contributed by atoms with Gasteiger partial charge in [-0.2, -0.15) is 0 Å². The standard InChI is InChI=1S/C30H30Cl2N2O3/c1-30(18-27(35)36)17-24(21-5-4-6-23(32)16-21)28(20-10-12-22(31)13-11-20)34(29(30)37)26(15-19-8-9-19)25-7-2-3-14-33-25/h2-7,10-14,16,19,24,26,28H,8-9,15,17-18H2,1H3,(H,35,36)/t24-,26+,28-,30-/m1/s1. The van der Waals surface area contributed by atoms with Gasteiger partial charge in [0.1, 0.15) is 0 Å². The Kier molecular flexibility index (Phi) is 7.28. The van der Waals surface area contributed by atoms with E-state index in [4.69, 9.17) is 23.2 Å². The number of aliphatic carboxylic acids is 1. The van der Waals surface area contributed by atoms with E-state index in [0.29, 0.717) is 22.4 Å². The van der Waals surface area contributed by atoms with Gasteiger partial charge in [-0.3, -0.25) is 14.6 Å². The van der Waals surface area contributed by atoms with E-state index in [9.17, 15) is 14.7 Å². The van der Waals surface area contributed by atoms with E-state index in [1.807, 2.05) is 71.6 Å². The number of carbonyl (C=O) groups is 2. The van der Waals surface area contributed by atoms with E-state index in [2.05, 4.69) is 4.98 Å². The SMILES string of the molecule is C[C@]1(CC(=O)O)C[C@H](c2cccc(Cl)c2)[C@@H](c2ccc(Cl)cc2)N([C@@H](CC2CC2)c2ccccn2)C1=O. The van der Waals surface area contributed by atoms with Crippen LogP contribution in [0.2, 0.25) is 10.0 Å². The van der Waals surface area contributed by atoms with Crippen molar-refractivity contribution in [2.45, 2.75) is 57.0 Å². The van der Waals surface area contributed by atoms with Crippen molar-refractivity contribution in [2.24, 2.45) is 11.3 Å². The molecule has 3 aromatic rings. The molecule has 1 aliphatic heterocycles. The van der Waals surface area contributed by atoms with Crippen molar-refractivity contribution >= 4 is 35.1 Å². The van der Waals surface area contributed by atoms with Gasteiger partial charge in [0.2, 0.25) is 5.91 Å². The molecular weight excluding hydrogens is 507 g/mol. The zero-order chi connectivity index (χ0) is 26.2. The number of pyridine rings is 1.